The van der Waals surface area contributed by atoms with Crippen molar-refractivity contribution in [2.75, 3.05) is 11.4 Å². The fraction of sp³-hybridized carbons (Fsp3) is 0.500. The maximum atomic E-state index is 14.2. The van der Waals surface area contributed by atoms with Crippen LogP contribution in [0.25, 0.3) is 0 Å². The van der Waals surface area contributed by atoms with Gasteiger partial charge < -0.3 is 10.2 Å². The number of nitrogens with zero attached hydrogens (tertiary/aromatic N) is 1. The first-order valence-electron chi connectivity index (χ1n) is 7.31. The van der Waals surface area contributed by atoms with Crippen molar-refractivity contribution in [2.24, 2.45) is 5.92 Å². The number of benzene rings is 1. The third kappa shape index (κ3) is 2.30. The molecule has 1 atom stereocenters. The van der Waals surface area contributed by atoms with Crippen LogP contribution in [0.15, 0.2) is 18.2 Å². The van der Waals surface area contributed by atoms with Gasteiger partial charge in [-0.1, -0.05) is 12.1 Å². The molecule has 0 aromatic heterocycles. The van der Waals surface area contributed by atoms with Crippen LogP contribution in [0.3, 0.4) is 0 Å². The van der Waals surface area contributed by atoms with Gasteiger partial charge >= 0.3 is 0 Å². The highest BCUT2D eigenvalue weighted by atomic mass is 19.1. The van der Waals surface area contributed by atoms with E-state index in [-0.39, 0.29) is 30.7 Å². The first-order valence-corrected chi connectivity index (χ1v) is 7.31. The van der Waals surface area contributed by atoms with Crippen molar-refractivity contribution in [3.05, 3.63) is 29.6 Å². The van der Waals surface area contributed by atoms with Gasteiger partial charge in [0.15, 0.2) is 0 Å². The van der Waals surface area contributed by atoms with E-state index in [1.807, 2.05) is 0 Å². The highest BCUT2D eigenvalue weighted by molar-refractivity contribution is 6.05. The number of anilines is 1. The average molecular weight is 290 g/mol. The fourth-order valence-corrected chi connectivity index (χ4v) is 3.12. The number of carbonyl (C=O) groups excluding carboxylic acids is 2. The molecule has 1 aliphatic carbocycles. The molecule has 1 heterocycles. The number of aryl methyl sites for hydroxylation is 1. The Balaban J connectivity index is 2.05. The Bertz CT molecular complexity index is 592. The molecule has 1 N–H and O–H groups in total. The fourth-order valence-electron chi connectivity index (χ4n) is 3.12. The molecule has 3 rings (SSSR count). The molecular weight excluding hydrogens is 271 g/mol. The highest BCUT2D eigenvalue weighted by Crippen LogP contribution is 2.42. The molecule has 5 heteroatoms. The van der Waals surface area contributed by atoms with E-state index in [9.17, 15) is 14.0 Å². The molecule has 2 fully saturated rings. The summed E-state index contributed by atoms with van der Waals surface area (Å²) in [6.45, 7) is 3.76. The summed E-state index contributed by atoms with van der Waals surface area (Å²) in [7, 11) is 0. The summed E-state index contributed by atoms with van der Waals surface area (Å²) >= 11 is 0. The molecule has 2 aliphatic rings. The maximum absolute atomic E-state index is 14.2. The van der Waals surface area contributed by atoms with E-state index in [4.69, 9.17) is 0 Å². The molecule has 21 heavy (non-hydrogen) atoms. The van der Waals surface area contributed by atoms with Crippen LogP contribution in [0, 0.1) is 18.7 Å². The van der Waals surface area contributed by atoms with Gasteiger partial charge in [-0.2, -0.15) is 0 Å². The minimum Gasteiger partial charge on any atom is -0.342 e. The van der Waals surface area contributed by atoms with Crippen LogP contribution in [0.5, 0.6) is 0 Å². The van der Waals surface area contributed by atoms with Gasteiger partial charge in [0.05, 0.1) is 5.69 Å². The number of hydrogen-bond acceptors (Lipinski definition) is 2. The van der Waals surface area contributed by atoms with Gasteiger partial charge in [-0.15, -0.1) is 0 Å². The van der Waals surface area contributed by atoms with Crippen molar-refractivity contribution in [3.8, 4) is 0 Å². The van der Waals surface area contributed by atoms with Crippen molar-refractivity contribution in [1.82, 2.24) is 5.32 Å². The Morgan fingerprint density at radius 1 is 1.33 bits per heavy atom. The normalized spacial score (nSPS) is 26.5. The Morgan fingerprint density at radius 2 is 2.05 bits per heavy atom. The van der Waals surface area contributed by atoms with Crippen LogP contribution in [0.4, 0.5) is 10.1 Å². The van der Waals surface area contributed by atoms with Crippen molar-refractivity contribution in [1.29, 1.82) is 0 Å². The van der Waals surface area contributed by atoms with Crippen molar-refractivity contribution < 1.29 is 14.0 Å². The zero-order valence-electron chi connectivity index (χ0n) is 12.3. The summed E-state index contributed by atoms with van der Waals surface area (Å²) in [5, 5.41) is 2.85. The Kier molecular flexibility index (Phi) is 3.23. The lowest BCUT2D eigenvalue weighted by Gasteiger charge is -2.33. The topological polar surface area (TPSA) is 49.4 Å². The molecule has 1 saturated carbocycles. The summed E-state index contributed by atoms with van der Waals surface area (Å²) < 4.78 is 14.2. The molecule has 112 valence electrons. The first-order chi connectivity index (χ1) is 9.93. The SMILES string of the molecule is Cc1cccc(F)c1N1CCC(=O)NC(C)(C2CC2)C1=O. The predicted octanol–water partition coefficient (Wildman–Crippen LogP) is 2.16. The number of rotatable bonds is 2. The summed E-state index contributed by atoms with van der Waals surface area (Å²) in [6, 6.07) is 4.75. The molecule has 1 saturated heterocycles. The molecule has 1 aliphatic heterocycles. The number of amides is 2. The van der Waals surface area contributed by atoms with Crippen LogP contribution >= 0.6 is 0 Å². The van der Waals surface area contributed by atoms with Crippen molar-refractivity contribution in [3.63, 3.8) is 0 Å². The minimum atomic E-state index is -0.914. The van der Waals surface area contributed by atoms with E-state index in [2.05, 4.69) is 5.32 Å². The molecule has 1 unspecified atom stereocenters. The van der Waals surface area contributed by atoms with Crippen LogP contribution in [0.2, 0.25) is 0 Å². The molecule has 4 nitrogen and oxygen atoms in total. The standard InChI is InChI=1S/C16H19FN2O2/c1-10-4-3-5-12(17)14(10)19-9-8-13(20)18-16(2,15(19)21)11-6-7-11/h3-5,11H,6-9H2,1-2H3,(H,18,20). The molecule has 0 spiro atoms. The number of hydrogen-bond donors (Lipinski definition) is 1. The van der Waals surface area contributed by atoms with Gasteiger partial charge in [0.2, 0.25) is 5.91 Å². The van der Waals surface area contributed by atoms with E-state index in [1.165, 1.54) is 11.0 Å². The second-order valence-corrected chi connectivity index (χ2v) is 6.14. The number of carbonyl (C=O) groups is 2. The Hall–Kier alpha value is -1.91. The lowest BCUT2D eigenvalue weighted by molar-refractivity contribution is -0.130. The van der Waals surface area contributed by atoms with Gasteiger partial charge in [0, 0.05) is 13.0 Å². The van der Waals surface area contributed by atoms with Gasteiger partial charge in [0.25, 0.3) is 5.91 Å². The van der Waals surface area contributed by atoms with Gasteiger partial charge in [0.1, 0.15) is 11.4 Å². The molecule has 1 aromatic carbocycles. The van der Waals surface area contributed by atoms with E-state index < -0.39 is 11.4 Å². The summed E-state index contributed by atoms with van der Waals surface area (Å²) in [5.74, 6) is -0.615. The zero-order chi connectivity index (χ0) is 15.2. The van der Waals surface area contributed by atoms with Gasteiger partial charge in [-0.25, -0.2) is 4.39 Å². The van der Waals surface area contributed by atoms with Crippen LogP contribution in [-0.2, 0) is 9.59 Å². The van der Waals surface area contributed by atoms with Crippen LogP contribution < -0.4 is 10.2 Å². The quantitative estimate of drug-likeness (QED) is 0.907. The maximum Gasteiger partial charge on any atom is 0.252 e. The molecule has 1 aromatic rings. The van der Waals surface area contributed by atoms with Gasteiger partial charge in [-0.05, 0) is 44.2 Å². The monoisotopic (exact) mass is 290 g/mol. The van der Waals surface area contributed by atoms with E-state index in [1.54, 1.807) is 26.0 Å². The van der Waals surface area contributed by atoms with E-state index in [0.717, 1.165) is 12.8 Å². The Labute approximate surface area is 123 Å². The lowest BCUT2D eigenvalue weighted by Crippen LogP contribution is -2.57. The average Bonchev–Trinajstić information content (AvgIpc) is 3.25. The van der Waals surface area contributed by atoms with Crippen molar-refractivity contribution in [2.45, 2.75) is 38.6 Å². The molecule has 0 radical (unpaired) electrons. The van der Waals surface area contributed by atoms with E-state index >= 15 is 0 Å². The summed E-state index contributed by atoms with van der Waals surface area (Å²) in [5.41, 5.74) is 0.0872. The second-order valence-electron chi connectivity index (χ2n) is 6.14. The largest absolute Gasteiger partial charge is 0.342 e. The summed E-state index contributed by atoms with van der Waals surface area (Å²) in [4.78, 5) is 26.3. The number of nitrogens with one attached hydrogen (secondary N) is 1. The smallest absolute Gasteiger partial charge is 0.252 e. The predicted molar refractivity (Wildman–Crippen MR) is 77.4 cm³/mol. The minimum absolute atomic E-state index is 0.144. The van der Waals surface area contributed by atoms with Crippen LogP contribution in [-0.4, -0.2) is 23.9 Å². The third-order valence-electron chi connectivity index (χ3n) is 4.50. The molecular formula is C16H19FN2O2. The highest BCUT2D eigenvalue weighted by Gasteiger charge is 2.51. The number of halogens is 1. The zero-order valence-corrected chi connectivity index (χ0v) is 12.3. The van der Waals surface area contributed by atoms with Gasteiger partial charge in [-0.3, -0.25) is 9.59 Å². The summed E-state index contributed by atoms with van der Waals surface area (Å²) in [6.07, 6.45) is 2.04. The molecule has 0 bridgehead atoms. The van der Waals surface area contributed by atoms with Crippen molar-refractivity contribution >= 4 is 17.5 Å². The Morgan fingerprint density at radius 3 is 2.67 bits per heavy atom. The van der Waals surface area contributed by atoms with Crippen LogP contribution in [0.1, 0.15) is 31.7 Å². The lowest BCUT2D eigenvalue weighted by atomic mass is 9.93. The third-order valence-corrected chi connectivity index (χ3v) is 4.50. The first kappa shape index (κ1) is 14.0. The number of para-hydroxylation sites is 1. The van der Waals surface area contributed by atoms with E-state index in [0.29, 0.717) is 11.3 Å². The molecule has 2 amide bonds. The second kappa shape index (κ2) is 4.83.